The molecule has 0 spiro atoms. The maximum atomic E-state index is 10.8. The van der Waals surface area contributed by atoms with Gasteiger partial charge in [-0.05, 0) is 42.7 Å². The molecule has 1 aliphatic rings. The topological polar surface area (TPSA) is 92.8 Å². The second-order valence-electron chi connectivity index (χ2n) is 7.49. The molecule has 0 amide bonds. The third kappa shape index (κ3) is 7.20. The van der Waals surface area contributed by atoms with E-state index in [2.05, 4.69) is 35.7 Å². The zero-order chi connectivity index (χ0) is 18.3. The molecule has 6 heteroatoms. The monoisotopic (exact) mass is 369 g/mol. The van der Waals surface area contributed by atoms with Crippen LogP contribution in [0.1, 0.15) is 75.3 Å². The standard InChI is InChI=1S/C19H32NO4P/c1-2-3-4-5-6-7-9-16-10-8-11-17(12-16)18-13-19(20,14-18)15-24-25(21,22)23/h8,10-12,18H,2-7,9,13-15,20H2,1H3,(H2,21,22,23). The summed E-state index contributed by atoms with van der Waals surface area (Å²) in [5, 5.41) is 0. The van der Waals surface area contributed by atoms with E-state index in [1.54, 1.807) is 0 Å². The lowest BCUT2D eigenvalue weighted by atomic mass is 9.66. The van der Waals surface area contributed by atoms with Crippen molar-refractivity contribution >= 4 is 7.82 Å². The number of hydrogen-bond donors (Lipinski definition) is 3. The average Bonchev–Trinajstić information content (AvgIpc) is 2.53. The van der Waals surface area contributed by atoms with Gasteiger partial charge in [-0.1, -0.05) is 63.3 Å². The number of phosphoric acid groups is 1. The molecular formula is C19H32NO4P. The minimum Gasteiger partial charge on any atom is -0.323 e. The fourth-order valence-electron chi connectivity index (χ4n) is 3.60. The second kappa shape index (κ2) is 9.29. The molecule has 1 aliphatic carbocycles. The summed E-state index contributed by atoms with van der Waals surface area (Å²) >= 11 is 0. The Balaban J connectivity index is 1.76. The van der Waals surface area contributed by atoms with E-state index in [0.717, 1.165) is 6.42 Å². The number of nitrogens with two attached hydrogens (primary N) is 1. The van der Waals surface area contributed by atoms with Crippen LogP contribution in [0.15, 0.2) is 24.3 Å². The highest BCUT2D eigenvalue weighted by atomic mass is 31.2. The molecule has 1 aromatic carbocycles. The molecule has 1 saturated carbocycles. The number of phosphoric ester groups is 1. The van der Waals surface area contributed by atoms with Crippen LogP contribution in [0.25, 0.3) is 0 Å². The van der Waals surface area contributed by atoms with Crippen LogP contribution in [0, 0.1) is 0 Å². The molecule has 5 nitrogen and oxygen atoms in total. The Kier molecular flexibility index (Phi) is 7.66. The minimum absolute atomic E-state index is 0.0920. The summed E-state index contributed by atoms with van der Waals surface area (Å²) in [7, 11) is -4.44. The lowest BCUT2D eigenvalue weighted by Gasteiger charge is -2.45. The molecule has 0 aromatic heterocycles. The predicted octanol–water partition coefficient (Wildman–Crippen LogP) is 4.27. The maximum Gasteiger partial charge on any atom is 0.469 e. The van der Waals surface area contributed by atoms with Crippen molar-refractivity contribution in [2.45, 2.75) is 76.2 Å². The highest BCUT2D eigenvalue weighted by molar-refractivity contribution is 7.46. The predicted molar refractivity (Wildman–Crippen MR) is 100 cm³/mol. The number of unbranched alkanes of at least 4 members (excludes halogenated alkanes) is 5. The molecule has 25 heavy (non-hydrogen) atoms. The van der Waals surface area contributed by atoms with Gasteiger partial charge in [0, 0.05) is 5.54 Å². The highest BCUT2D eigenvalue weighted by Gasteiger charge is 2.43. The lowest BCUT2D eigenvalue weighted by Crippen LogP contribution is -2.54. The van der Waals surface area contributed by atoms with Gasteiger partial charge in [0.25, 0.3) is 0 Å². The van der Waals surface area contributed by atoms with Gasteiger partial charge in [-0.2, -0.15) is 0 Å². The summed E-state index contributed by atoms with van der Waals surface area (Å²) in [6, 6.07) is 8.67. The van der Waals surface area contributed by atoms with Crippen molar-refractivity contribution in [3.8, 4) is 0 Å². The number of hydrogen-bond acceptors (Lipinski definition) is 3. The Labute approximate surface area is 151 Å². The van der Waals surface area contributed by atoms with Gasteiger partial charge in [0.2, 0.25) is 0 Å². The fourth-order valence-corrected chi connectivity index (χ4v) is 4.03. The summed E-state index contributed by atoms with van der Waals surface area (Å²) in [6.45, 7) is 2.14. The van der Waals surface area contributed by atoms with Gasteiger partial charge < -0.3 is 15.5 Å². The highest BCUT2D eigenvalue weighted by Crippen LogP contribution is 2.46. The number of rotatable bonds is 11. The molecule has 142 valence electrons. The minimum atomic E-state index is -4.44. The fraction of sp³-hybridized carbons (Fsp3) is 0.684. The van der Waals surface area contributed by atoms with Crippen molar-refractivity contribution in [3.63, 3.8) is 0 Å². The van der Waals surface area contributed by atoms with Gasteiger partial charge >= 0.3 is 7.82 Å². The van der Waals surface area contributed by atoms with Crippen molar-refractivity contribution in [2.75, 3.05) is 6.61 Å². The first-order valence-corrected chi connectivity index (χ1v) is 10.9. The number of aryl methyl sites for hydroxylation is 1. The third-order valence-electron chi connectivity index (χ3n) is 5.07. The summed E-state index contributed by atoms with van der Waals surface area (Å²) < 4.78 is 15.4. The normalized spacial score (nSPS) is 23.4. The molecule has 0 bridgehead atoms. The number of benzene rings is 1. The van der Waals surface area contributed by atoms with E-state index < -0.39 is 13.4 Å². The van der Waals surface area contributed by atoms with Crippen LogP contribution in [0.2, 0.25) is 0 Å². The van der Waals surface area contributed by atoms with Crippen LogP contribution in [0.3, 0.4) is 0 Å². The molecule has 2 rings (SSSR count). The van der Waals surface area contributed by atoms with Gasteiger partial charge in [0.15, 0.2) is 0 Å². The van der Waals surface area contributed by atoms with Crippen LogP contribution in [0.5, 0.6) is 0 Å². The Morgan fingerprint density at radius 2 is 1.88 bits per heavy atom. The van der Waals surface area contributed by atoms with Crippen LogP contribution in [-0.2, 0) is 15.5 Å². The summed E-state index contributed by atoms with van der Waals surface area (Å²) in [4.78, 5) is 17.6. The first-order chi connectivity index (χ1) is 11.8. The molecule has 0 heterocycles. The molecule has 1 fully saturated rings. The van der Waals surface area contributed by atoms with Crippen molar-refractivity contribution in [1.82, 2.24) is 0 Å². The summed E-state index contributed by atoms with van der Waals surface area (Å²) in [6.07, 6.45) is 10.3. The van der Waals surface area contributed by atoms with Crippen LogP contribution >= 0.6 is 7.82 Å². The molecule has 0 radical (unpaired) electrons. The van der Waals surface area contributed by atoms with Crippen molar-refractivity contribution in [3.05, 3.63) is 35.4 Å². The molecule has 1 aromatic rings. The van der Waals surface area contributed by atoms with E-state index in [4.69, 9.17) is 15.5 Å². The van der Waals surface area contributed by atoms with Gasteiger partial charge in [-0.3, -0.25) is 4.52 Å². The van der Waals surface area contributed by atoms with E-state index in [0.29, 0.717) is 18.8 Å². The molecular weight excluding hydrogens is 337 g/mol. The average molecular weight is 369 g/mol. The molecule has 0 saturated heterocycles. The maximum absolute atomic E-state index is 10.8. The van der Waals surface area contributed by atoms with Crippen molar-refractivity contribution in [1.29, 1.82) is 0 Å². The molecule has 0 unspecified atom stereocenters. The Hall–Kier alpha value is -0.710. The Morgan fingerprint density at radius 1 is 1.20 bits per heavy atom. The molecule has 4 N–H and O–H groups in total. The van der Waals surface area contributed by atoms with E-state index in [-0.39, 0.29) is 6.61 Å². The van der Waals surface area contributed by atoms with E-state index in [1.165, 1.54) is 49.7 Å². The molecule has 0 atom stereocenters. The van der Waals surface area contributed by atoms with Gasteiger partial charge in [-0.25, -0.2) is 4.57 Å². The largest absolute Gasteiger partial charge is 0.469 e. The van der Waals surface area contributed by atoms with Crippen LogP contribution in [0.4, 0.5) is 0 Å². The molecule has 0 aliphatic heterocycles. The van der Waals surface area contributed by atoms with E-state index in [9.17, 15) is 4.57 Å². The Morgan fingerprint density at radius 3 is 2.56 bits per heavy atom. The van der Waals surface area contributed by atoms with Gasteiger partial charge in [0.1, 0.15) is 0 Å². The SMILES string of the molecule is CCCCCCCCc1cccc(C2CC(N)(COP(=O)(O)O)C2)c1. The van der Waals surface area contributed by atoms with Crippen LogP contribution < -0.4 is 5.73 Å². The van der Waals surface area contributed by atoms with Crippen LogP contribution in [-0.4, -0.2) is 21.9 Å². The zero-order valence-corrected chi connectivity index (χ0v) is 16.1. The quantitative estimate of drug-likeness (QED) is 0.400. The van der Waals surface area contributed by atoms with E-state index in [1.807, 2.05) is 0 Å². The Bertz CT molecular complexity index is 581. The van der Waals surface area contributed by atoms with Crippen molar-refractivity contribution in [2.24, 2.45) is 5.73 Å². The summed E-state index contributed by atoms with van der Waals surface area (Å²) in [5.41, 5.74) is 8.17. The second-order valence-corrected chi connectivity index (χ2v) is 8.73. The summed E-state index contributed by atoms with van der Waals surface area (Å²) in [5.74, 6) is 0.356. The van der Waals surface area contributed by atoms with Gasteiger partial charge in [-0.15, -0.1) is 0 Å². The first kappa shape index (κ1) is 20.6. The van der Waals surface area contributed by atoms with Crippen molar-refractivity contribution < 1.29 is 18.9 Å². The smallest absolute Gasteiger partial charge is 0.323 e. The lowest BCUT2D eigenvalue weighted by molar-refractivity contribution is 0.0928. The third-order valence-corrected chi connectivity index (χ3v) is 5.53. The zero-order valence-electron chi connectivity index (χ0n) is 15.2. The van der Waals surface area contributed by atoms with Gasteiger partial charge in [0.05, 0.1) is 6.61 Å². The first-order valence-electron chi connectivity index (χ1n) is 9.39. The van der Waals surface area contributed by atoms with E-state index >= 15 is 0 Å².